The van der Waals surface area contributed by atoms with Gasteiger partial charge in [-0.25, -0.2) is 4.39 Å². The van der Waals surface area contributed by atoms with E-state index in [1.54, 1.807) is 18.2 Å². The highest BCUT2D eigenvalue weighted by Gasteiger charge is 2.44. The molecule has 2 nitrogen and oxygen atoms in total. The lowest BCUT2D eigenvalue weighted by Crippen LogP contribution is -2.14. The number of anilines is 1. The molecule has 1 N–H and O–H groups in total. The Balaban J connectivity index is 1.67. The van der Waals surface area contributed by atoms with E-state index in [0.29, 0.717) is 15.7 Å². The van der Waals surface area contributed by atoms with Crippen LogP contribution in [0.25, 0.3) is 0 Å². The summed E-state index contributed by atoms with van der Waals surface area (Å²) in [5.41, 5.74) is 1.57. The van der Waals surface area contributed by atoms with Gasteiger partial charge in [-0.3, -0.25) is 4.79 Å². The molecular formula is C16H12Cl2FNO. The second-order valence-electron chi connectivity index (χ2n) is 5.15. The number of nitrogens with one attached hydrogen (secondary N) is 1. The van der Waals surface area contributed by atoms with Crippen molar-refractivity contribution < 1.29 is 9.18 Å². The molecule has 0 spiro atoms. The molecule has 0 saturated heterocycles. The molecule has 2 aromatic carbocycles. The fraction of sp³-hybridized carbons (Fsp3) is 0.188. The van der Waals surface area contributed by atoms with Gasteiger partial charge in [0.1, 0.15) is 5.82 Å². The predicted octanol–water partition coefficient (Wildman–Crippen LogP) is 4.87. The minimum atomic E-state index is -0.328. The zero-order chi connectivity index (χ0) is 15.0. The number of carbonyl (C=O) groups excluding carboxylic acids is 1. The second-order valence-corrected chi connectivity index (χ2v) is 6.02. The van der Waals surface area contributed by atoms with Crippen LogP contribution in [0.5, 0.6) is 0 Å². The highest BCUT2D eigenvalue weighted by Crippen LogP contribution is 2.49. The maximum atomic E-state index is 12.8. The molecule has 0 radical (unpaired) electrons. The van der Waals surface area contributed by atoms with Crippen LogP contribution >= 0.6 is 23.2 Å². The molecule has 1 aliphatic carbocycles. The van der Waals surface area contributed by atoms with Crippen LogP contribution in [0.15, 0.2) is 42.5 Å². The predicted molar refractivity (Wildman–Crippen MR) is 82.3 cm³/mol. The van der Waals surface area contributed by atoms with Gasteiger partial charge in [0, 0.05) is 21.7 Å². The molecule has 1 amide bonds. The molecule has 0 heterocycles. The number of halogens is 3. The minimum Gasteiger partial charge on any atom is -0.326 e. The summed E-state index contributed by atoms with van der Waals surface area (Å²) < 4.78 is 12.8. The lowest BCUT2D eigenvalue weighted by molar-refractivity contribution is -0.117. The van der Waals surface area contributed by atoms with E-state index in [1.807, 2.05) is 12.1 Å². The van der Waals surface area contributed by atoms with Crippen molar-refractivity contribution in [3.8, 4) is 0 Å². The first kappa shape index (κ1) is 14.4. The van der Waals surface area contributed by atoms with Gasteiger partial charge >= 0.3 is 0 Å². The zero-order valence-corrected chi connectivity index (χ0v) is 12.5. The molecular weight excluding hydrogens is 312 g/mol. The largest absolute Gasteiger partial charge is 0.326 e. The van der Waals surface area contributed by atoms with Crippen LogP contribution < -0.4 is 5.32 Å². The van der Waals surface area contributed by atoms with Gasteiger partial charge in [0.15, 0.2) is 0 Å². The van der Waals surface area contributed by atoms with Crippen molar-refractivity contribution >= 4 is 34.8 Å². The molecule has 3 rings (SSSR count). The lowest BCUT2D eigenvalue weighted by atomic mass is 10.1. The molecule has 0 aromatic heterocycles. The third-order valence-electron chi connectivity index (χ3n) is 3.55. The Morgan fingerprint density at radius 3 is 2.33 bits per heavy atom. The number of amides is 1. The average molecular weight is 324 g/mol. The summed E-state index contributed by atoms with van der Waals surface area (Å²) in [5, 5.41) is 3.93. The topological polar surface area (TPSA) is 29.1 Å². The van der Waals surface area contributed by atoms with Crippen molar-refractivity contribution in [1.82, 2.24) is 0 Å². The fourth-order valence-electron chi connectivity index (χ4n) is 2.41. The Morgan fingerprint density at radius 2 is 1.71 bits per heavy atom. The molecule has 0 unspecified atom stereocenters. The SMILES string of the molecule is O=C(Nc1ccc(F)cc1)[C@@H]1C[C@H]1c1cc(Cl)cc(Cl)c1. The maximum Gasteiger partial charge on any atom is 0.228 e. The van der Waals surface area contributed by atoms with Crippen LogP contribution in [0.1, 0.15) is 17.9 Å². The summed E-state index contributed by atoms with van der Waals surface area (Å²) in [6.45, 7) is 0. The van der Waals surface area contributed by atoms with Crippen LogP contribution in [0.3, 0.4) is 0 Å². The van der Waals surface area contributed by atoms with E-state index in [4.69, 9.17) is 23.2 Å². The maximum absolute atomic E-state index is 12.8. The van der Waals surface area contributed by atoms with Crippen molar-refractivity contribution in [2.45, 2.75) is 12.3 Å². The minimum absolute atomic E-state index is 0.0669. The highest BCUT2D eigenvalue weighted by molar-refractivity contribution is 6.34. The Morgan fingerprint density at radius 1 is 1.10 bits per heavy atom. The van der Waals surface area contributed by atoms with Gasteiger partial charge < -0.3 is 5.32 Å². The molecule has 108 valence electrons. The standard InChI is InChI=1S/C16H12Cl2FNO/c17-10-5-9(6-11(18)7-10)14-8-15(14)16(21)20-13-3-1-12(19)2-4-13/h1-7,14-15H,8H2,(H,20,21)/t14-,15+/m0/s1. The molecule has 2 atom stereocenters. The van der Waals surface area contributed by atoms with E-state index in [2.05, 4.69) is 5.32 Å². The monoisotopic (exact) mass is 323 g/mol. The Labute approximate surface area is 131 Å². The molecule has 1 fully saturated rings. The average Bonchev–Trinajstić information content (AvgIpc) is 3.20. The Hall–Kier alpha value is -1.58. The molecule has 2 aromatic rings. The van der Waals surface area contributed by atoms with Crippen molar-refractivity contribution in [2.24, 2.45) is 5.92 Å². The number of carbonyl (C=O) groups is 1. The van der Waals surface area contributed by atoms with E-state index < -0.39 is 0 Å². The van der Waals surface area contributed by atoms with Gasteiger partial charge in [-0.2, -0.15) is 0 Å². The summed E-state index contributed by atoms with van der Waals surface area (Å²) in [4.78, 5) is 12.1. The van der Waals surface area contributed by atoms with Gasteiger partial charge in [-0.05, 0) is 60.4 Å². The number of hydrogen-bond acceptors (Lipinski definition) is 1. The van der Waals surface area contributed by atoms with Crippen molar-refractivity contribution in [3.63, 3.8) is 0 Å². The van der Waals surface area contributed by atoms with Crippen LogP contribution in [-0.4, -0.2) is 5.91 Å². The highest BCUT2D eigenvalue weighted by atomic mass is 35.5. The summed E-state index contributed by atoms with van der Waals surface area (Å²) >= 11 is 11.9. The molecule has 1 aliphatic rings. The Bertz CT molecular complexity index is 667. The van der Waals surface area contributed by atoms with Gasteiger partial charge in [0.2, 0.25) is 5.91 Å². The van der Waals surface area contributed by atoms with Crippen LogP contribution in [0, 0.1) is 11.7 Å². The third kappa shape index (κ3) is 3.36. The first-order chi connectivity index (χ1) is 10.0. The second kappa shape index (κ2) is 5.66. The van der Waals surface area contributed by atoms with Crippen LogP contribution in [0.2, 0.25) is 10.0 Å². The van der Waals surface area contributed by atoms with E-state index in [1.165, 1.54) is 12.1 Å². The van der Waals surface area contributed by atoms with Crippen molar-refractivity contribution in [3.05, 3.63) is 63.9 Å². The van der Waals surface area contributed by atoms with Gasteiger partial charge in [-0.15, -0.1) is 0 Å². The first-order valence-corrected chi connectivity index (χ1v) is 7.31. The molecule has 5 heteroatoms. The summed E-state index contributed by atoms with van der Waals surface area (Å²) in [6.07, 6.45) is 0.768. The van der Waals surface area contributed by atoms with Crippen LogP contribution in [-0.2, 0) is 4.79 Å². The van der Waals surface area contributed by atoms with Crippen molar-refractivity contribution in [1.29, 1.82) is 0 Å². The molecule has 1 saturated carbocycles. The lowest BCUT2D eigenvalue weighted by Gasteiger charge is -2.05. The number of hydrogen-bond donors (Lipinski definition) is 1. The molecule has 0 aliphatic heterocycles. The fourth-order valence-corrected chi connectivity index (χ4v) is 2.95. The summed E-state index contributed by atoms with van der Waals surface area (Å²) in [6, 6.07) is 11.1. The third-order valence-corrected chi connectivity index (χ3v) is 3.99. The van der Waals surface area contributed by atoms with E-state index in [9.17, 15) is 9.18 Å². The summed E-state index contributed by atoms with van der Waals surface area (Å²) in [7, 11) is 0. The smallest absolute Gasteiger partial charge is 0.228 e. The van der Waals surface area contributed by atoms with Gasteiger partial charge in [0.05, 0.1) is 0 Å². The normalized spacial score (nSPS) is 20.1. The van der Waals surface area contributed by atoms with Gasteiger partial charge in [-0.1, -0.05) is 23.2 Å². The van der Waals surface area contributed by atoms with E-state index >= 15 is 0 Å². The van der Waals surface area contributed by atoms with Crippen molar-refractivity contribution in [2.75, 3.05) is 5.32 Å². The van der Waals surface area contributed by atoms with E-state index in [-0.39, 0.29) is 23.6 Å². The van der Waals surface area contributed by atoms with Gasteiger partial charge in [0.25, 0.3) is 0 Å². The quantitative estimate of drug-likeness (QED) is 0.857. The number of rotatable bonds is 3. The van der Waals surface area contributed by atoms with E-state index in [0.717, 1.165) is 12.0 Å². The summed E-state index contributed by atoms with van der Waals surface area (Å²) in [5.74, 6) is -0.347. The first-order valence-electron chi connectivity index (χ1n) is 6.55. The molecule has 21 heavy (non-hydrogen) atoms. The van der Waals surface area contributed by atoms with Crippen LogP contribution in [0.4, 0.5) is 10.1 Å². The molecule has 0 bridgehead atoms. The Kier molecular flexibility index (Phi) is 3.87. The zero-order valence-electron chi connectivity index (χ0n) is 10.9. The number of benzene rings is 2.